The Hall–Kier alpha value is -3.91. The van der Waals surface area contributed by atoms with Crippen LogP contribution < -0.4 is 5.32 Å². The molecule has 0 saturated heterocycles. The molecule has 0 aromatic heterocycles. The smallest absolute Gasteiger partial charge is 0.0900 e. The third kappa shape index (κ3) is 5.54. The summed E-state index contributed by atoms with van der Waals surface area (Å²) in [6.45, 7) is 15.9. The molecule has 1 atom stereocenters. The molecule has 0 amide bonds. The largest absolute Gasteiger partial charge is 0.373 e. The van der Waals surface area contributed by atoms with Crippen LogP contribution in [0.3, 0.4) is 0 Å². The fourth-order valence-corrected chi connectivity index (χ4v) is 5.87. The Morgan fingerprint density at radius 1 is 0.550 bits per heavy atom. The number of benzene rings is 5. The van der Waals surface area contributed by atoms with Crippen LogP contribution in [0.1, 0.15) is 94.5 Å². The summed E-state index contributed by atoms with van der Waals surface area (Å²) in [6.07, 6.45) is 0. The molecule has 0 spiro atoms. The SMILES string of the molecule is CC(=Nc1cccc2cc3ccccc3cc12)C(Nc1c(C(C)C)cccc1C(C)C)c1ccccc1C(C)C. The van der Waals surface area contributed by atoms with Gasteiger partial charge >= 0.3 is 0 Å². The lowest BCUT2D eigenvalue weighted by atomic mass is 9.88. The van der Waals surface area contributed by atoms with Crippen molar-refractivity contribution in [2.75, 3.05) is 5.32 Å². The number of rotatable bonds is 8. The van der Waals surface area contributed by atoms with Crippen LogP contribution in [0.25, 0.3) is 21.5 Å². The van der Waals surface area contributed by atoms with E-state index in [0.717, 1.165) is 11.4 Å². The molecule has 0 aliphatic heterocycles. The Labute approximate surface area is 240 Å². The zero-order chi connectivity index (χ0) is 28.4. The van der Waals surface area contributed by atoms with Gasteiger partial charge in [0.25, 0.3) is 0 Å². The molecular weight excluding hydrogens is 484 g/mol. The predicted molar refractivity (Wildman–Crippen MR) is 176 cm³/mol. The molecule has 0 saturated carbocycles. The van der Waals surface area contributed by atoms with E-state index >= 15 is 0 Å². The molecule has 0 aliphatic carbocycles. The number of nitrogens with one attached hydrogen (secondary N) is 1. The molecule has 0 heterocycles. The second kappa shape index (κ2) is 11.7. The van der Waals surface area contributed by atoms with Crippen molar-refractivity contribution in [3.63, 3.8) is 0 Å². The van der Waals surface area contributed by atoms with Crippen molar-refractivity contribution in [2.45, 2.75) is 72.3 Å². The number of hydrogen-bond donors (Lipinski definition) is 1. The summed E-state index contributed by atoms with van der Waals surface area (Å²) in [4.78, 5) is 5.37. The minimum absolute atomic E-state index is 0.0632. The van der Waals surface area contributed by atoms with Crippen molar-refractivity contribution in [3.05, 3.63) is 119 Å². The molecule has 40 heavy (non-hydrogen) atoms. The second-order valence-corrected chi connectivity index (χ2v) is 11.9. The number of aliphatic imine (C=N–C) groups is 1. The molecule has 5 rings (SSSR count). The van der Waals surface area contributed by atoms with Gasteiger partial charge in [0.05, 0.1) is 11.7 Å². The standard InChI is InChI=1S/C38H42N2/c1-24(2)31-17-10-11-18-34(31)37(40-38-32(25(3)4)19-13-20-33(38)26(5)6)27(7)39-36-21-12-16-30-22-28-14-8-9-15-29(28)23-35(30)36/h8-26,37,40H,1-7H3. The van der Waals surface area contributed by atoms with Crippen LogP contribution >= 0.6 is 0 Å². The van der Waals surface area contributed by atoms with Crippen LogP contribution in [0.4, 0.5) is 11.4 Å². The third-order valence-electron chi connectivity index (χ3n) is 8.03. The summed E-state index contributed by atoms with van der Waals surface area (Å²) in [5, 5.41) is 8.95. The Morgan fingerprint density at radius 2 is 1.05 bits per heavy atom. The number of fused-ring (bicyclic) bond motifs is 2. The lowest BCUT2D eigenvalue weighted by Crippen LogP contribution is -2.22. The highest BCUT2D eigenvalue weighted by Crippen LogP contribution is 2.38. The summed E-state index contributed by atoms with van der Waals surface area (Å²) in [7, 11) is 0. The van der Waals surface area contributed by atoms with Crippen LogP contribution in [0.5, 0.6) is 0 Å². The van der Waals surface area contributed by atoms with Gasteiger partial charge < -0.3 is 5.32 Å². The van der Waals surface area contributed by atoms with Gasteiger partial charge in [0.15, 0.2) is 0 Å². The van der Waals surface area contributed by atoms with Crippen molar-refractivity contribution in [3.8, 4) is 0 Å². The van der Waals surface area contributed by atoms with Crippen LogP contribution in [0, 0.1) is 0 Å². The van der Waals surface area contributed by atoms with Crippen molar-refractivity contribution in [1.82, 2.24) is 0 Å². The Morgan fingerprint density at radius 3 is 1.68 bits per heavy atom. The monoisotopic (exact) mass is 526 g/mol. The van der Waals surface area contributed by atoms with E-state index < -0.39 is 0 Å². The molecule has 1 unspecified atom stereocenters. The maximum Gasteiger partial charge on any atom is 0.0900 e. The zero-order valence-electron chi connectivity index (χ0n) is 25.0. The molecule has 204 valence electrons. The van der Waals surface area contributed by atoms with E-state index in [2.05, 4.69) is 151 Å². The predicted octanol–water partition coefficient (Wildman–Crippen LogP) is 11.3. The number of para-hydroxylation sites is 1. The summed E-state index contributed by atoms with van der Waals surface area (Å²) < 4.78 is 0. The lowest BCUT2D eigenvalue weighted by Gasteiger charge is -2.29. The maximum atomic E-state index is 5.37. The van der Waals surface area contributed by atoms with E-state index in [0.29, 0.717) is 17.8 Å². The molecule has 2 nitrogen and oxygen atoms in total. The van der Waals surface area contributed by atoms with Crippen LogP contribution in [0.15, 0.2) is 102 Å². The first-order chi connectivity index (χ1) is 19.2. The van der Waals surface area contributed by atoms with Gasteiger partial charge in [-0.1, -0.05) is 120 Å². The quantitative estimate of drug-likeness (QED) is 0.158. The van der Waals surface area contributed by atoms with E-state index in [1.807, 2.05) is 0 Å². The van der Waals surface area contributed by atoms with Crippen LogP contribution in [0.2, 0.25) is 0 Å². The highest BCUT2D eigenvalue weighted by molar-refractivity contribution is 6.05. The molecule has 0 fully saturated rings. The van der Waals surface area contributed by atoms with Crippen LogP contribution in [-0.2, 0) is 0 Å². The van der Waals surface area contributed by atoms with Gasteiger partial charge in [-0.05, 0) is 81.3 Å². The zero-order valence-corrected chi connectivity index (χ0v) is 25.0. The molecule has 2 heteroatoms. The van der Waals surface area contributed by atoms with E-state index in [-0.39, 0.29) is 6.04 Å². The van der Waals surface area contributed by atoms with E-state index in [4.69, 9.17) is 4.99 Å². The Bertz CT molecular complexity index is 1650. The minimum atomic E-state index is -0.0632. The average molecular weight is 527 g/mol. The summed E-state index contributed by atoms with van der Waals surface area (Å²) in [5.74, 6) is 1.22. The molecule has 5 aromatic rings. The summed E-state index contributed by atoms with van der Waals surface area (Å²) >= 11 is 0. The van der Waals surface area contributed by atoms with Crippen molar-refractivity contribution in [1.29, 1.82) is 0 Å². The Balaban J connectivity index is 1.70. The first kappa shape index (κ1) is 27.6. The van der Waals surface area contributed by atoms with Gasteiger partial charge in [0.1, 0.15) is 0 Å². The molecular formula is C38H42N2. The average Bonchev–Trinajstić information content (AvgIpc) is 2.94. The number of hydrogen-bond acceptors (Lipinski definition) is 2. The minimum Gasteiger partial charge on any atom is -0.373 e. The fourth-order valence-electron chi connectivity index (χ4n) is 5.87. The highest BCUT2D eigenvalue weighted by atomic mass is 15.0. The first-order valence-corrected chi connectivity index (χ1v) is 14.7. The number of anilines is 1. The normalized spacial score (nSPS) is 13.1. The maximum absolute atomic E-state index is 5.37. The van der Waals surface area contributed by atoms with E-state index in [1.54, 1.807) is 0 Å². The summed E-state index contributed by atoms with van der Waals surface area (Å²) in [6, 6.07) is 35.1. The molecule has 1 N–H and O–H groups in total. The van der Waals surface area contributed by atoms with E-state index in [1.165, 1.54) is 49.5 Å². The van der Waals surface area contributed by atoms with E-state index in [9.17, 15) is 0 Å². The lowest BCUT2D eigenvalue weighted by molar-refractivity contribution is 0.815. The number of nitrogens with zero attached hydrogens (tertiary/aromatic N) is 1. The summed E-state index contributed by atoms with van der Waals surface area (Å²) in [5.41, 5.74) is 8.65. The molecule has 0 aliphatic rings. The van der Waals surface area contributed by atoms with Gasteiger partial charge in [-0.15, -0.1) is 0 Å². The molecule has 5 aromatic carbocycles. The second-order valence-electron chi connectivity index (χ2n) is 11.9. The van der Waals surface area contributed by atoms with Crippen molar-refractivity contribution >= 4 is 38.6 Å². The first-order valence-electron chi connectivity index (χ1n) is 14.7. The molecule has 0 radical (unpaired) electrons. The van der Waals surface area contributed by atoms with Crippen LogP contribution in [-0.4, -0.2) is 5.71 Å². The van der Waals surface area contributed by atoms with Crippen molar-refractivity contribution in [2.24, 2.45) is 4.99 Å². The highest BCUT2D eigenvalue weighted by Gasteiger charge is 2.23. The fraction of sp³-hybridized carbons (Fsp3) is 0.289. The van der Waals surface area contributed by atoms with Gasteiger partial charge in [-0.3, -0.25) is 4.99 Å². The topological polar surface area (TPSA) is 24.4 Å². The van der Waals surface area contributed by atoms with Gasteiger partial charge in [-0.2, -0.15) is 0 Å². The van der Waals surface area contributed by atoms with Gasteiger partial charge in [-0.25, -0.2) is 0 Å². The van der Waals surface area contributed by atoms with Gasteiger partial charge in [0, 0.05) is 16.8 Å². The Kier molecular flexibility index (Phi) is 8.07. The molecule has 0 bridgehead atoms. The third-order valence-corrected chi connectivity index (χ3v) is 8.03. The van der Waals surface area contributed by atoms with Gasteiger partial charge in [0.2, 0.25) is 0 Å². The van der Waals surface area contributed by atoms with Crippen molar-refractivity contribution < 1.29 is 0 Å².